The molecule has 1 aliphatic heterocycles. The van der Waals surface area contributed by atoms with Gasteiger partial charge in [0.15, 0.2) is 0 Å². The van der Waals surface area contributed by atoms with Crippen LogP contribution in [-0.4, -0.2) is 44.2 Å². The highest BCUT2D eigenvalue weighted by Gasteiger charge is 2.32. The van der Waals surface area contributed by atoms with E-state index in [1.807, 2.05) is 30.3 Å². The van der Waals surface area contributed by atoms with Gasteiger partial charge in [0.05, 0.1) is 17.0 Å². The maximum Gasteiger partial charge on any atom is 0.253 e. The number of carbonyl (C=O) groups excluding carboxylic acids is 2. The van der Waals surface area contributed by atoms with E-state index < -0.39 is 10.0 Å². The summed E-state index contributed by atoms with van der Waals surface area (Å²) in [5.74, 6) is -0.989. The van der Waals surface area contributed by atoms with Crippen molar-refractivity contribution in [1.82, 2.24) is 9.62 Å². The quantitative estimate of drug-likeness (QED) is 0.419. The fourth-order valence-electron chi connectivity index (χ4n) is 4.38. The smallest absolute Gasteiger partial charge is 0.253 e. The van der Waals surface area contributed by atoms with Crippen LogP contribution in [0.5, 0.6) is 0 Å². The van der Waals surface area contributed by atoms with E-state index in [1.165, 1.54) is 4.31 Å². The Morgan fingerprint density at radius 1 is 0.892 bits per heavy atom. The van der Waals surface area contributed by atoms with Crippen molar-refractivity contribution in [1.29, 1.82) is 0 Å². The molecule has 0 unspecified atom stereocenters. The fraction of sp³-hybridized carbons (Fsp3) is 0.286. The lowest BCUT2D eigenvalue weighted by Gasteiger charge is -2.30. The van der Waals surface area contributed by atoms with Crippen LogP contribution >= 0.6 is 11.6 Å². The van der Waals surface area contributed by atoms with Gasteiger partial charge in [0.2, 0.25) is 15.9 Å². The van der Waals surface area contributed by atoms with E-state index >= 15 is 0 Å². The van der Waals surface area contributed by atoms with Gasteiger partial charge in [-0.3, -0.25) is 9.59 Å². The standard InChI is InChI=1S/C28H30ClN3O4S/c29-25-12-6-4-10-23(25)20-37(35,36)32-18-15-22(16-19-32)27(33)31-26-13-7-5-11-24(26)28(34)30-17-14-21-8-2-1-3-9-21/h1-13,22H,14-20H2,(H,30,34)(H,31,33). The van der Waals surface area contributed by atoms with Crippen LogP contribution in [0.15, 0.2) is 78.9 Å². The molecule has 4 rings (SSSR count). The monoisotopic (exact) mass is 539 g/mol. The third-order valence-corrected chi connectivity index (χ3v) is 8.68. The van der Waals surface area contributed by atoms with E-state index in [2.05, 4.69) is 10.6 Å². The summed E-state index contributed by atoms with van der Waals surface area (Å²) in [7, 11) is -3.55. The number of rotatable bonds is 9. The summed E-state index contributed by atoms with van der Waals surface area (Å²) in [6.45, 7) is 0.991. The Morgan fingerprint density at radius 3 is 2.27 bits per heavy atom. The van der Waals surface area contributed by atoms with E-state index in [1.54, 1.807) is 48.5 Å². The minimum atomic E-state index is -3.55. The van der Waals surface area contributed by atoms with Crippen LogP contribution in [-0.2, 0) is 27.0 Å². The summed E-state index contributed by atoms with van der Waals surface area (Å²) in [6.07, 6.45) is 1.51. The molecular formula is C28H30ClN3O4S. The lowest BCUT2D eigenvalue weighted by molar-refractivity contribution is -0.120. The predicted octanol–water partition coefficient (Wildman–Crippen LogP) is 4.49. The highest BCUT2D eigenvalue weighted by Crippen LogP contribution is 2.26. The molecule has 0 saturated carbocycles. The average Bonchev–Trinajstić information content (AvgIpc) is 2.91. The van der Waals surface area contributed by atoms with E-state index in [0.29, 0.717) is 47.6 Å². The van der Waals surface area contributed by atoms with Crippen molar-refractivity contribution in [3.05, 3.63) is 101 Å². The SMILES string of the molecule is O=C(NCCc1ccccc1)c1ccccc1NC(=O)C1CCN(S(=O)(=O)Cc2ccccc2Cl)CC1. The first-order valence-corrected chi connectivity index (χ1v) is 14.3. The molecule has 0 atom stereocenters. The molecule has 1 saturated heterocycles. The Hall–Kier alpha value is -3.20. The van der Waals surface area contributed by atoms with Crippen molar-refractivity contribution in [2.45, 2.75) is 25.0 Å². The van der Waals surface area contributed by atoms with Gasteiger partial charge < -0.3 is 10.6 Å². The molecule has 37 heavy (non-hydrogen) atoms. The number of benzene rings is 3. The summed E-state index contributed by atoms with van der Waals surface area (Å²) >= 11 is 6.14. The second-order valence-corrected chi connectivity index (χ2v) is 11.4. The summed E-state index contributed by atoms with van der Waals surface area (Å²) < 4.78 is 27.2. The zero-order valence-electron chi connectivity index (χ0n) is 20.4. The first-order chi connectivity index (χ1) is 17.8. The number of halogens is 1. The van der Waals surface area contributed by atoms with Crippen molar-refractivity contribution in [2.24, 2.45) is 5.92 Å². The number of hydrogen-bond acceptors (Lipinski definition) is 4. The Bertz CT molecular complexity index is 1340. The van der Waals surface area contributed by atoms with Crippen molar-refractivity contribution in [3.8, 4) is 0 Å². The number of hydrogen-bond donors (Lipinski definition) is 2. The van der Waals surface area contributed by atoms with Crippen LogP contribution in [0.1, 0.15) is 34.3 Å². The largest absolute Gasteiger partial charge is 0.352 e. The van der Waals surface area contributed by atoms with Gasteiger partial charge in [-0.25, -0.2) is 12.7 Å². The molecule has 0 spiro atoms. The minimum absolute atomic E-state index is 0.170. The maximum absolute atomic E-state index is 13.0. The van der Waals surface area contributed by atoms with Crippen LogP contribution in [0, 0.1) is 5.92 Å². The van der Waals surface area contributed by atoms with Crippen molar-refractivity contribution < 1.29 is 18.0 Å². The lowest BCUT2D eigenvalue weighted by Crippen LogP contribution is -2.42. The Kier molecular flexibility index (Phi) is 8.97. The van der Waals surface area contributed by atoms with Gasteiger partial charge in [-0.15, -0.1) is 0 Å². The average molecular weight is 540 g/mol. The summed E-state index contributed by atoms with van der Waals surface area (Å²) in [5, 5.41) is 6.22. The van der Waals surface area contributed by atoms with Crippen LogP contribution in [0.25, 0.3) is 0 Å². The molecule has 0 radical (unpaired) electrons. The van der Waals surface area contributed by atoms with Crippen molar-refractivity contribution >= 4 is 39.1 Å². The number of anilines is 1. The van der Waals surface area contributed by atoms with Crippen molar-refractivity contribution in [2.75, 3.05) is 25.0 Å². The number of carbonyl (C=O) groups is 2. The molecule has 1 aliphatic rings. The molecule has 7 nitrogen and oxygen atoms in total. The number of nitrogens with zero attached hydrogens (tertiary/aromatic N) is 1. The number of para-hydroxylation sites is 1. The molecule has 2 N–H and O–H groups in total. The summed E-state index contributed by atoms with van der Waals surface area (Å²) in [4.78, 5) is 25.8. The Morgan fingerprint density at radius 2 is 1.54 bits per heavy atom. The second kappa shape index (κ2) is 12.4. The molecule has 0 aliphatic carbocycles. The molecule has 9 heteroatoms. The zero-order chi connectivity index (χ0) is 26.3. The van der Waals surface area contributed by atoms with E-state index in [0.717, 1.165) is 5.56 Å². The van der Waals surface area contributed by atoms with Gasteiger partial charge in [0.25, 0.3) is 5.91 Å². The molecule has 3 aromatic rings. The molecule has 1 heterocycles. The predicted molar refractivity (Wildman–Crippen MR) is 146 cm³/mol. The van der Waals surface area contributed by atoms with Gasteiger partial charge in [-0.1, -0.05) is 72.3 Å². The highest BCUT2D eigenvalue weighted by molar-refractivity contribution is 7.88. The minimum Gasteiger partial charge on any atom is -0.352 e. The number of amides is 2. The normalized spacial score (nSPS) is 14.7. The third-order valence-electron chi connectivity index (χ3n) is 6.49. The van der Waals surface area contributed by atoms with Crippen molar-refractivity contribution in [3.63, 3.8) is 0 Å². The molecule has 1 fully saturated rings. The van der Waals surface area contributed by atoms with Crippen LogP contribution in [0.3, 0.4) is 0 Å². The van der Waals surface area contributed by atoms with Gasteiger partial charge >= 0.3 is 0 Å². The Balaban J connectivity index is 1.31. The van der Waals surface area contributed by atoms with E-state index in [-0.39, 0.29) is 36.6 Å². The number of piperidine rings is 1. The molecule has 194 valence electrons. The third kappa shape index (κ3) is 7.19. The first-order valence-electron chi connectivity index (χ1n) is 12.3. The van der Waals surface area contributed by atoms with Gasteiger partial charge in [-0.2, -0.15) is 0 Å². The van der Waals surface area contributed by atoms with Gasteiger partial charge in [0.1, 0.15) is 0 Å². The van der Waals surface area contributed by atoms with Gasteiger partial charge in [0, 0.05) is 30.6 Å². The highest BCUT2D eigenvalue weighted by atomic mass is 35.5. The first kappa shape index (κ1) is 26.9. The Labute approximate surface area is 222 Å². The number of sulfonamides is 1. The molecular weight excluding hydrogens is 510 g/mol. The number of nitrogens with one attached hydrogen (secondary N) is 2. The van der Waals surface area contributed by atoms with E-state index in [4.69, 9.17) is 11.6 Å². The summed E-state index contributed by atoms with van der Waals surface area (Å²) in [6, 6.07) is 23.7. The van der Waals surface area contributed by atoms with Crippen LogP contribution in [0.4, 0.5) is 5.69 Å². The fourth-order valence-corrected chi connectivity index (χ4v) is 6.26. The van der Waals surface area contributed by atoms with Gasteiger partial charge in [-0.05, 0) is 48.6 Å². The topological polar surface area (TPSA) is 95.6 Å². The molecule has 2 amide bonds. The molecule has 0 bridgehead atoms. The molecule has 3 aromatic carbocycles. The lowest BCUT2D eigenvalue weighted by atomic mass is 9.97. The van der Waals surface area contributed by atoms with E-state index in [9.17, 15) is 18.0 Å². The van der Waals surface area contributed by atoms with Crippen LogP contribution in [0.2, 0.25) is 5.02 Å². The molecule has 0 aromatic heterocycles. The summed E-state index contributed by atoms with van der Waals surface area (Å²) in [5.41, 5.74) is 2.52. The zero-order valence-corrected chi connectivity index (χ0v) is 22.0. The van der Waals surface area contributed by atoms with Crippen LogP contribution < -0.4 is 10.6 Å². The maximum atomic E-state index is 13.0. The second-order valence-electron chi connectivity index (χ2n) is 9.05.